The molecule has 4 fully saturated rings. The van der Waals surface area contributed by atoms with Gasteiger partial charge >= 0.3 is 5.97 Å². The van der Waals surface area contributed by atoms with E-state index in [1.165, 1.54) is 19.3 Å². The van der Waals surface area contributed by atoms with E-state index in [0.717, 1.165) is 25.0 Å². The molecule has 4 nitrogen and oxygen atoms in total. The number of aromatic nitrogens is 1. The molecule has 4 bridgehead atoms. The van der Waals surface area contributed by atoms with Crippen LogP contribution in [0.1, 0.15) is 50.0 Å². The maximum Gasteiger partial charge on any atom is 0.312 e. The second-order valence-electron chi connectivity index (χ2n) is 7.40. The van der Waals surface area contributed by atoms with Crippen molar-refractivity contribution in [3.8, 4) is 0 Å². The monoisotopic (exact) mass is 353 g/mol. The molecule has 2 unspecified atom stereocenters. The number of esters is 1. The third kappa shape index (κ3) is 2.33. The van der Waals surface area contributed by atoms with Crippen LogP contribution in [-0.4, -0.2) is 15.5 Å². The zero-order valence-corrected chi connectivity index (χ0v) is 13.8. The molecule has 0 aliphatic heterocycles. The van der Waals surface area contributed by atoms with Crippen molar-refractivity contribution in [2.75, 3.05) is 0 Å². The predicted molar refractivity (Wildman–Crippen MR) is 79.8 cm³/mol. The lowest BCUT2D eigenvalue weighted by Crippen LogP contribution is -2.56. The largest absolute Gasteiger partial charge is 0.459 e. The molecule has 2 atom stereocenters. The van der Waals surface area contributed by atoms with Gasteiger partial charge in [0.2, 0.25) is 0 Å². The summed E-state index contributed by atoms with van der Waals surface area (Å²) >= 11 is 3.93. The Hall–Kier alpha value is -0.840. The summed E-state index contributed by atoms with van der Waals surface area (Å²) in [7, 11) is 0. The Balaban J connectivity index is 1.49. The van der Waals surface area contributed by atoms with Crippen LogP contribution in [0.5, 0.6) is 0 Å². The number of halogens is 1. The van der Waals surface area contributed by atoms with Crippen molar-refractivity contribution >= 4 is 21.9 Å². The molecular weight excluding hydrogens is 334 g/mol. The molecule has 5 heteroatoms. The van der Waals surface area contributed by atoms with E-state index in [-0.39, 0.29) is 22.3 Å². The summed E-state index contributed by atoms with van der Waals surface area (Å²) in [5.74, 6) is 2.09. The van der Waals surface area contributed by atoms with Crippen LogP contribution in [0.4, 0.5) is 0 Å². The molecule has 0 aromatic carbocycles. The fourth-order valence-electron chi connectivity index (χ4n) is 5.17. The van der Waals surface area contributed by atoms with E-state index in [9.17, 15) is 4.79 Å². The standard InChI is InChI=1S/C16H20BrNO3/c1-10-2-13(18-21-10)8-20-14(19)15-4-11-3-12(5-15)7-16(17,6-11)9-15/h2,11-12H,3-9H2,1H3. The number of nitrogens with zero attached hydrogens (tertiary/aromatic N) is 1. The van der Waals surface area contributed by atoms with Crippen LogP contribution in [0.15, 0.2) is 10.6 Å². The highest BCUT2D eigenvalue weighted by atomic mass is 79.9. The lowest BCUT2D eigenvalue weighted by molar-refractivity contribution is -0.171. The maximum absolute atomic E-state index is 12.7. The summed E-state index contributed by atoms with van der Waals surface area (Å²) < 4.78 is 10.8. The van der Waals surface area contributed by atoms with Gasteiger partial charge < -0.3 is 9.26 Å². The molecule has 0 spiro atoms. The van der Waals surface area contributed by atoms with Gasteiger partial charge in [0.05, 0.1) is 5.41 Å². The van der Waals surface area contributed by atoms with E-state index >= 15 is 0 Å². The molecule has 0 saturated heterocycles. The lowest BCUT2D eigenvalue weighted by Gasteiger charge is -2.58. The Morgan fingerprint density at radius 3 is 2.71 bits per heavy atom. The molecule has 0 radical (unpaired) electrons. The third-order valence-electron chi connectivity index (χ3n) is 5.45. The first-order valence-electron chi connectivity index (χ1n) is 7.75. The second-order valence-corrected chi connectivity index (χ2v) is 9.08. The molecule has 4 aliphatic rings. The van der Waals surface area contributed by atoms with E-state index < -0.39 is 0 Å². The number of ether oxygens (including phenoxy) is 1. The van der Waals surface area contributed by atoms with E-state index in [4.69, 9.17) is 9.26 Å². The Bertz CT molecular complexity index is 568. The van der Waals surface area contributed by atoms with Gasteiger partial charge in [0.15, 0.2) is 0 Å². The van der Waals surface area contributed by atoms with Gasteiger partial charge in [-0.3, -0.25) is 4.79 Å². The molecule has 1 aromatic heterocycles. The van der Waals surface area contributed by atoms with Gasteiger partial charge in [0.25, 0.3) is 0 Å². The van der Waals surface area contributed by atoms with Gasteiger partial charge in [-0.1, -0.05) is 21.1 Å². The number of hydrogen-bond acceptors (Lipinski definition) is 4. The Kier molecular flexibility index (Phi) is 3.01. The third-order valence-corrected chi connectivity index (χ3v) is 6.38. The average molecular weight is 354 g/mol. The van der Waals surface area contributed by atoms with Crippen LogP contribution in [0.3, 0.4) is 0 Å². The van der Waals surface area contributed by atoms with E-state index in [1.54, 1.807) is 0 Å². The minimum atomic E-state index is -0.258. The van der Waals surface area contributed by atoms with Gasteiger partial charge in [-0.25, -0.2) is 0 Å². The van der Waals surface area contributed by atoms with Crippen molar-refractivity contribution in [2.45, 2.75) is 56.4 Å². The summed E-state index contributed by atoms with van der Waals surface area (Å²) in [5, 5.41) is 3.89. The quantitative estimate of drug-likeness (QED) is 0.613. The molecule has 5 rings (SSSR count). The van der Waals surface area contributed by atoms with Crippen LogP contribution in [0.2, 0.25) is 0 Å². The zero-order valence-electron chi connectivity index (χ0n) is 12.2. The highest BCUT2D eigenvalue weighted by molar-refractivity contribution is 9.10. The molecule has 1 heterocycles. The van der Waals surface area contributed by atoms with Crippen molar-refractivity contribution < 1.29 is 14.1 Å². The molecule has 21 heavy (non-hydrogen) atoms. The molecule has 0 amide bonds. The fourth-order valence-corrected chi connectivity index (χ4v) is 6.62. The van der Waals surface area contributed by atoms with Gasteiger partial charge in [-0.15, -0.1) is 0 Å². The van der Waals surface area contributed by atoms with Crippen molar-refractivity contribution in [3.05, 3.63) is 17.5 Å². The van der Waals surface area contributed by atoms with E-state index in [2.05, 4.69) is 21.1 Å². The summed E-state index contributed by atoms with van der Waals surface area (Å²) in [6.07, 6.45) is 6.69. The van der Waals surface area contributed by atoms with Crippen LogP contribution in [-0.2, 0) is 16.1 Å². The fraction of sp³-hybridized carbons (Fsp3) is 0.750. The smallest absolute Gasteiger partial charge is 0.312 e. The predicted octanol–water partition coefficient (Wildman–Crippen LogP) is 3.76. The topological polar surface area (TPSA) is 52.3 Å². The summed E-state index contributed by atoms with van der Waals surface area (Å²) in [4.78, 5) is 12.7. The van der Waals surface area contributed by atoms with Crippen molar-refractivity contribution in [1.29, 1.82) is 0 Å². The minimum absolute atomic E-state index is 0.0268. The maximum atomic E-state index is 12.7. The van der Waals surface area contributed by atoms with Gasteiger partial charge in [-0.05, 0) is 57.3 Å². The van der Waals surface area contributed by atoms with Gasteiger partial charge in [0, 0.05) is 10.4 Å². The van der Waals surface area contributed by atoms with Crippen molar-refractivity contribution in [1.82, 2.24) is 5.16 Å². The molecule has 0 N–H and O–H groups in total. The Labute approximate surface area is 132 Å². The minimum Gasteiger partial charge on any atom is -0.459 e. The molecular formula is C16H20BrNO3. The Morgan fingerprint density at radius 1 is 1.43 bits per heavy atom. The normalized spacial score (nSPS) is 40.5. The van der Waals surface area contributed by atoms with Crippen molar-refractivity contribution in [2.24, 2.45) is 17.3 Å². The number of rotatable bonds is 3. The van der Waals surface area contributed by atoms with Gasteiger partial charge in [0.1, 0.15) is 18.1 Å². The first-order valence-corrected chi connectivity index (χ1v) is 8.54. The average Bonchev–Trinajstić information content (AvgIpc) is 2.79. The van der Waals surface area contributed by atoms with Crippen LogP contribution < -0.4 is 0 Å². The summed E-state index contributed by atoms with van der Waals surface area (Å²) in [5.41, 5.74) is 0.436. The van der Waals surface area contributed by atoms with Crippen molar-refractivity contribution in [3.63, 3.8) is 0 Å². The Morgan fingerprint density at radius 2 is 2.14 bits per heavy atom. The molecule has 4 saturated carbocycles. The molecule has 114 valence electrons. The van der Waals surface area contributed by atoms with Crippen LogP contribution in [0, 0.1) is 24.2 Å². The van der Waals surface area contributed by atoms with E-state index in [1.807, 2.05) is 13.0 Å². The van der Waals surface area contributed by atoms with E-state index in [0.29, 0.717) is 17.5 Å². The first-order chi connectivity index (χ1) is 9.96. The highest BCUT2D eigenvalue weighted by Gasteiger charge is 2.60. The molecule has 1 aromatic rings. The van der Waals surface area contributed by atoms with Crippen LogP contribution >= 0.6 is 15.9 Å². The number of carbonyl (C=O) groups excluding carboxylic acids is 1. The number of hydrogen-bond donors (Lipinski definition) is 0. The summed E-state index contributed by atoms with van der Waals surface area (Å²) in [6, 6.07) is 1.82. The SMILES string of the molecule is Cc1cc(COC(=O)C23CC4CC(CC(Br)(C4)C2)C3)no1. The molecule has 4 aliphatic carbocycles. The first kappa shape index (κ1) is 13.8. The zero-order chi connectivity index (χ0) is 14.7. The number of alkyl halides is 1. The highest BCUT2D eigenvalue weighted by Crippen LogP contribution is 2.64. The second kappa shape index (κ2) is 4.58. The van der Waals surface area contributed by atoms with Gasteiger partial charge in [-0.2, -0.15) is 0 Å². The van der Waals surface area contributed by atoms with Crippen LogP contribution in [0.25, 0.3) is 0 Å². The number of aryl methyl sites for hydroxylation is 1. The number of carbonyl (C=O) groups is 1. The lowest BCUT2D eigenvalue weighted by atomic mass is 9.49. The summed E-state index contributed by atoms with van der Waals surface area (Å²) in [6.45, 7) is 2.06.